The van der Waals surface area contributed by atoms with Crippen molar-refractivity contribution in [3.05, 3.63) is 149 Å². The second-order valence-corrected chi connectivity index (χ2v) is 24.8. The topological polar surface area (TPSA) is 212 Å². The maximum atomic E-state index is 12.8. The van der Waals surface area contributed by atoms with Crippen LogP contribution >= 0.6 is 0 Å². The van der Waals surface area contributed by atoms with Gasteiger partial charge in [-0.3, -0.25) is 19.2 Å². The average Bonchev–Trinajstić information content (AvgIpc) is 3.82. The highest BCUT2D eigenvalue weighted by atomic mass is 16.6. The van der Waals surface area contributed by atoms with Crippen molar-refractivity contribution in [3.8, 4) is 28.7 Å². The van der Waals surface area contributed by atoms with Crippen molar-refractivity contribution in [1.29, 1.82) is 0 Å². The van der Waals surface area contributed by atoms with Gasteiger partial charge in [-0.05, 0) is 222 Å². The molecule has 0 N–H and O–H groups in total. The first kappa shape index (κ1) is 73.2. The van der Waals surface area contributed by atoms with Gasteiger partial charge < -0.3 is 47.4 Å². The summed E-state index contributed by atoms with van der Waals surface area (Å²) in [6.45, 7) is 6.46. The van der Waals surface area contributed by atoms with E-state index in [1.165, 1.54) is 75.3 Å². The molecule has 4 atom stereocenters. The molecular weight excluding hydrogens is 1200 g/mol. The molecule has 0 aromatic heterocycles. The third kappa shape index (κ3) is 28.6. The van der Waals surface area contributed by atoms with Crippen molar-refractivity contribution in [1.82, 2.24) is 0 Å². The quantitative estimate of drug-likeness (QED) is 0.0153. The van der Waals surface area contributed by atoms with E-state index >= 15 is 0 Å². The van der Waals surface area contributed by atoms with Crippen molar-refractivity contribution >= 4 is 41.8 Å². The van der Waals surface area contributed by atoms with E-state index in [4.69, 9.17) is 47.4 Å². The number of hydrogen-bond donors (Lipinski definition) is 0. The lowest BCUT2D eigenvalue weighted by molar-refractivity contribution is -0.150. The molecule has 0 saturated heterocycles. The van der Waals surface area contributed by atoms with Gasteiger partial charge in [-0.2, -0.15) is 0 Å². The third-order valence-corrected chi connectivity index (χ3v) is 17.1. The highest BCUT2D eigenvalue weighted by Crippen LogP contribution is 2.37. The van der Waals surface area contributed by atoms with E-state index in [1.807, 2.05) is 24.3 Å². The average molecular weight is 1300 g/mol. The zero-order chi connectivity index (χ0) is 66.4. The van der Waals surface area contributed by atoms with Crippen LogP contribution in [0.3, 0.4) is 0 Å². The number of carbonyl (C=O) groups excluding carboxylic acids is 7. The summed E-state index contributed by atoms with van der Waals surface area (Å²) in [6, 6.07) is 36.0. The number of unbranched alkanes of at least 4 members (excludes halogenated alkanes) is 6. The van der Waals surface area contributed by atoms with Crippen molar-refractivity contribution in [2.45, 2.75) is 181 Å². The molecule has 17 heteroatoms. The second kappa shape index (κ2) is 42.2. The normalized spacial score (nSPS) is 15.7. The summed E-state index contributed by atoms with van der Waals surface area (Å²) >= 11 is 0. The molecule has 0 aliphatic heterocycles. The lowest BCUT2D eigenvalue weighted by Crippen LogP contribution is -2.13. The summed E-state index contributed by atoms with van der Waals surface area (Å²) in [6.07, 6.45) is 22.0. The Hall–Kier alpha value is -8.21. The summed E-state index contributed by atoms with van der Waals surface area (Å²) in [5, 5.41) is 0. The third-order valence-electron chi connectivity index (χ3n) is 17.1. The molecule has 0 radical (unpaired) electrons. The zero-order valence-electron chi connectivity index (χ0n) is 55.3. The van der Waals surface area contributed by atoms with Gasteiger partial charge in [0.1, 0.15) is 28.7 Å². The molecule has 0 heterocycles. The number of hydrogen-bond acceptors (Lipinski definition) is 17. The number of ether oxygens (including phenoxy) is 10. The maximum absolute atomic E-state index is 12.8. The Morgan fingerprint density at radius 2 is 0.596 bits per heavy atom. The molecule has 2 fully saturated rings. The lowest BCUT2D eigenvalue weighted by Gasteiger charge is -2.11. The molecule has 508 valence electrons. The smallest absolute Gasteiger partial charge is 0.343 e. The minimum atomic E-state index is -0.551. The van der Waals surface area contributed by atoms with Crippen LogP contribution in [0.2, 0.25) is 0 Å². The number of benzene rings is 5. The van der Waals surface area contributed by atoms with Crippen LogP contribution in [-0.4, -0.2) is 94.6 Å². The van der Waals surface area contributed by atoms with E-state index in [2.05, 4.69) is 38.1 Å². The van der Waals surface area contributed by atoms with Crippen LogP contribution in [0.1, 0.15) is 210 Å². The molecule has 4 unspecified atom stereocenters. The van der Waals surface area contributed by atoms with E-state index in [0.717, 1.165) is 75.0 Å². The van der Waals surface area contributed by atoms with Crippen LogP contribution in [0, 0.1) is 23.7 Å². The molecule has 2 aliphatic carbocycles. The molecule has 7 rings (SSSR count). The van der Waals surface area contributed by atoms with Crippen LogP contribution in [0.5, 0.6) is 28.7 Å². The van der Waals surface area contributed by atoms with Crippen LogP contribution in [0.25, 0.3) is 0 Å². The Balaban J connectivity index is 0.596. The fraction of sp³-hybridized carbons (Fsp3) is 0.519. The molecule has 17 nitrogen and oxygen atoms in total. The van der Waals surface area contributed by atoms with E-state index in [-0.39, 0.29) is 71.7 Å². The van der Waals surface area contributed by atoms with Gasteiger partial charge in [0.15, 0.2) is 0 Å². The molecular formula is C77H98O17. The van der Waals surface area contributed by atoms with Gasteiger partial charge in [0, 0.05) is 12.8 Å². The molecule has 0 amide bonds. The van der Waals surface area contributed by atoms with Crippen LogP contribution < -0.4 is 23.7 Å². The highest BCUT2D eigenvalue weighted by Gasteiger charge is 2.26. The van der Waals surface area contributed by atoms with Gasteiger partial charge in [-0.15, -0.1) is 0 Å². The molecule has 2 aliphatic rings. The first-order valence-corrected chi connectivity index (χ1v) is 34.5. The van der Waals surface area contributed by atoms with Crippen LogP contribution in [0.15, 0.2) is 121 Å². The van der Waals surface area contributed by atoms with Crippen LogP contribution in [0.4, 0.5) is 0 Å². The minimum Gasteiger partial charge on any atom is -0.494 e. The van der Waals surface area contributed by atoms with Crippen molar-refractivity contribution < 1.29 is 80.9 Å². The molecule has 94 heavy (non-hydrogen) atoms. The van der Waals surface area contributed by atoms with Gasteiger partial charge in [-0.25, -0.2) is 14.4 Å². The van der Waals surface area contributed by atoms with Gasteiger partial charge in [0.05, 0.1) is 95.2 Å². The monoisotopic (exact) mass is 1290 g/mol. The van der Waals surface area contributed by atoms with Gasteiger partial charge >= 0.3 is 41.8 Å². The first-order chi connectivity index (χ1) is 45.9. The molecule has 0 bridgehead atoms. The summed E-state index contributed by atoms with van der Waals surface area (Å²) in [5.41, 5.74) is 3.77. The maximum Gasteiger partial charge on any atom is 0.343 e. The first-order valence-electron chi connectivity index (χ1n) is 34.5. The molecule has 5 aromatic carbocycles. The highest BCUT2D eigenvalue weighted by molar-refractivity contribution is 5.92. The fourth-order valence-corrected chi connectivity index (χ4v) is 12.0. The van der Waals surface area contributed by atoms with Gasteiger partial charge in [-0.1, -0.05) is 76.6 Å². The summed E-state index contributed by atoms with van der Waals surface area (Å²) in [5.74, 6) is 2.75. The predicted molar refractivity (Wildman–Crippen MR) is 356 cm³/mol. The van der Waals surface area contributed by atoms with E-state index in [0.29, 0.717) is 77.9 Å². The van der Waals surface area contributed by atoms with Gasteiger partial charge in [0.2, 0.25) is 0 Å². The Labute approximate surface area is 555 Å². The molecule has 5 aromatic rings. The Morgan fingerprint density at radius 1 is 0.309 bits per heavy atom. The van der Waals surface area contributed by atoms with Crippen molar-refractivity contribution in [2.75, 3.05) is 52.9 Å². The Bertz CT molecular complexity index is 3050. The lowest BCUT2D eigenvalue weighted by atomic mass is 9.95. The van der Waals surface area contributed by atoms with E-state index in [9.17, 15) is 33.6 Å². The second-order valence-electron chi connectivity index (χ2n) is 24.8. The molecule has 0 spiro atoms. The largest absolute Gasteiger partial charge is 0.494 e. The number of rotatable bonds is 44. The minimum absolute atomic E-state index is 0.0211. The Kier molecular flexibility index (Phi) is 32.9. The van der Waals surface area contributed by atoms with Gasteiger partial charge in [0.25, 0.3) is 0 Å². The van der Waals surface area contributed by atoms with Crippen LogP contribution in [-0.2, 0) is 55.7 Å². The summed E-state index contributed by atoms with van der Waals surface area (Å²) in [7, 11) is 0. The Morgan fingerprint density at radius 3 is 0.957 bits per heavy atom. The van der Waals surface area contributed by atoms with E-state index < -0.39 is 41.8 Å². The fourth-order valence-electron chi connectivity index (χ4n) is 12.0. The van der Waals surface area contributed by atoms with Crippen molar-refractivity contribution in [2.24, 2.45) is 23.7 Å². The molecule has 2 saturated carbocycles. The summed E-state index contributed by atoms with van der Waals surface area (Å²) in [4.78, 5) is 86.8. The predicted octanol–water partition coefficient (Wildman–Crippen LogP) is 16.0. The number of esters is 7. The summed E-state index contributed by atoms with van der Waals surface area (Å²) < 4.78 is 54.9. The van der Waals surface area contributed by atoms with Crippen molar-refractivity contribution in [3.63, 3.8) is 0 Å². The standard InChI is InChI=1S/C77H98O17/c1-3-15-57-17-19-61(53-57)55-59-21-31-69(32-22-59)93-76(83)64-27-37-66(38-28-64)85-45-9-5-7-11-47-88-71(78)41-43-73(80)90-50-13-49-87-68-35-25-63(26-36-68)75(82)92-52-14-51-91-74(81)44-42-72(79)89-48-12-8-6-10-46-86-67-39-29-65(30-40-67)77(84)94-70-33-23-60(24-34-70)56-62-20-18-58(54-62)16-4-2/h21-40,57-58,61-62H,3-20,41-56H2,1-2H3. The SMILES string of the molecule is CCCC1CCC(Cc2ccc(OC(=O)c3ccc(OCCCCCCOC(=O)CCC(=O)OCCCOC(=O)c4ccc(OCCCOC(=O)CCC(=O)OCCCCCCOc5ccc(C(=O)Oc6ccc(CC7CCC(CCC)C7)cc6)cc5)cc4)cc3)cc2)C1. The zero-order valence-corrected chi connectivity index (χ0v) is 55.3. The number of carbonyl (C=O) groups is 7. The van der Waals surface area contributed by atoms with E-state index in [1.54, 1.807) is 72.8 Å².